The van der Waals surface area contributed by atoms with Crippen molar-refractivity contribution in [3.63, 3.8) is 0 Å². The minimum Gasteiger partial charge on any atom is -0.399 e. The summed E-state index contributed by atoms with van der Waals surface area (Å²) in [5, 5.41) is -0.0226. The van der Waals surface area contributed by atoms with E-state index in [9.17, 15) is 12.8 Å². The molecule has 0 aromatic heterocycles. The molecule has 0 radical (unpaired) electrons. The molecule has 4 nitrogen and oxygen atoms in total. The number of halogens is 2. The Morgan fingerprint density at radius 2 is 1.90 bits per heavy atom. The Kier molecular flexibility index (Phi) is 3.87. The van der Waals surface area contributed by atoms with Crippen LogP contribution in [0.25, 0.3) is 0 Å². The minimum absolute atomic E-state index is 0.0226. The molecule has 0 saturated heterocycles. The molecular weight excluding hydrogens is 303 g/mol. The van der Waals surface area contributed by atoms with Gasteiger partial charge in [0.2, 0.25) is 0 Å². The fourth-order valence-electron chi connectivity index (χ4n) is 1.65. The van der Waals surface area contributed by atoms with E-state index in [2.05, 4.69) is 4.72 Å². The number of anilines is 2. The summed E-state index contributed by atoms with van der Waals surface area (Å²) < 4.78 is 40.2. The van der Waals surface area contributed by atoms with Crippen LogP contribution in [0.2, 0.25) is 5.02 Å². The summed E-state index contributed by atoms with van der Waals surface area (Å²) in [4.78, 5) is -0.158. The first-order valence-electron chi connectivity index (χ1n) is 5.63. The van der Waals surface area contributed by atoms with Crippen molar-refractivity contribution < 1.29 is 12.8 Å². The number of benzene rings is 2. The molecule has 0 saturated carbocycles. The van der Waals surface area contributed by atoms with Gasteiger partial charge in [-0.1, -0.05) is 17.7 Å². The van der Waals surface area contributed by atoms with Gasteiger partial charge in [0.1, 0.15) is 10.7 Å². The van der Waals surface area contributed by atoms with Crippen LogP contribution in [0.15, 0.2) is 41.3 Å². The summed E-state index contributed by atoms with van der Waals surface area (Å²) in [5.74, 6) is -0.661. The first kappa shape index (κ1) is 14.6. The van der Waals surface area contributed by atoms with Crippen molar-refractivity contribution in [3.05, 3.63) is 52.8 Å². The van der Waals surface area contributed by atoms with Gasteiger partial charge in [-0.2, -0.15) is 0 Å². The summed E-state index contributed by atoms with van der Waals surface area (Å²) in [6, 6.07) is 8.14. The topological polar surface area (TPSA) is 72.2 Å². The fourth-order valence-corrected chi connectivity index (χ4v) is 3.26. The van der Waals surface area contributed by atoms with Gasteiger partial charge >= 0.3 is 0 Å². The molecule has 0 bridgehead atoms. The molecule has 0 atom stereocenters. The lowest BCUT2D eigenvalue weighted by molar-refractivity contribution is 0.598. The van der Waals surface area contributed by atoms with Crippen LogP contribution in [0.5, 0.6) is 0 Å². The van der Waals surface area contributed by atoms with Crippen molar-refractivity contribution >= 4 is 33.0 Å². The van der Waals surface area contributed by atoms with E-state index in [0.717, 1.165) is 5.56 Å². The number of rotatable bonds is 3. The summed E-state index contributed by atoms with van der Waals surface area (Å²) in [7, 11) is -3.98. The van der Waals surface area contributed by atoms with E-state index in [1.165, 1.54) is 30.3 Å². The van der Waals surface area contributed by atoms with Crippen LogP contribution in [0.4, 0.5) is 15.8 Å². The molecule has 2 aromatic carbocycles. The smallest absolute Gasteiger partial charge is 0.263 e. The van der Waals surface area contributed by atoms with Gasteiger partial charge in [0, 0.05) is 5.69 Å². The van der Waals surface area contributed by atoms with E-state index in [4.69, 9.17) is 17.3 Å². The molecule has 7 heteroatoms. The maximum atomic E-state index is 13.6. The Bertz CT molecular complexity index is 763. The van der Waals surface area contributed by atoms with Crippen LogP contribution in [0, 0.1) is 12.7 Å². The zero-order valence-electron chi connectivity index (χ0n) is 10.5. The third-order valence-electron chi connectivity index (χ3n) is 2.61. The Balaban J connectivity index is 2.43. The van der Waals surface area contributed by atoms with E-state index in [1.807, 2.05) is 0 Å². The van der Waals surface area contributed by atoms with Gasteiger partial charge in [-0.25, -0.2) is 12.8 Å². The minimum atomic E-state index is -3.98. The second-order valence-electron chi connectivity index (χ2n) is 4.28. The van der Waals surface area contributed by atoms with E-state index >= 15 is 0 Å². The lowest BCUT2D eigenvalue weighted by Crippen LogP contribution is -2.14. The Hall–Kier alpha value is -1.79. The highest BCUT2D eigenvalue weighted by atomic mass is 35.5. The standard InChI is InChI=1S/C13H12ClFN2O2S/c1-8-2-4-11(15)12(6-8)17-20(18,19)13-5-3-9(16)7-10(13)14/h2-7,17H,16H2,1H3. The SMILES string of the molecule is Cc1ccc(F)c(NS(=O)(=O)c2ccc(N)cc2Cl)c1. The Labute approximate surface area is 121 Å². The van der Waals surface area contributed by atoms with E-state index in [1.54, 1.807) is 13.0 Å². The van der Waals surface area contributed by atoms with Crippen LogP contribution in [-0.4, -0.2) is 8.42 Å². The Morgan fingerprint density at radius 3 is 2.55 bits per heavy atom. The van der Waals surface area contributed by atoms with Gasteiger partial charge in [-0.15, -0.1) is 0 Å². The molecular formula is C13H12ClFN2O2S. The molecule has 0 spiro atoms. The fraction of sp³-hybridized carbons (Fsp3) is 0.0769. The first-order chi connectivity index (χ1) is 9.29. The monoisotopic (exact) mass is 314 g/mol. The number of nitrogens with one attached hydrogen (secondary N) is 1. The van der Waals surface area contributed by atoms with Crippen LogP contribution in [0.3, 0.4) is 0 Å². The first-order valence-corrected chi connectivity index (χ1v) is 7.50. The molecule has 2 aromatic rings. The summed E-state index contributed by atoms with van der Waals surface area (Å²) >= 11 is 5.86. The average molecular weight is 315 g/mol. The van der Waals surface area contributed by atoms with Crippen molar-refractivity contribution in [3.8, 4) is 0 Å². The lowest BCUT2D eigenvalue weighted by Gasteiger charge is -2.11. The van der Waals surface area contributed by atoms with Gasteiger partial charge < -0.3 is 5.73 Å². The number of nitrogen functional groups attached to an aromatic ring is 1. The van der Waals surface area contributed by atoms with Crippen molar-refractivity contribution in [1.82, 2.24) is 0 Å². The summed E-state index contributed by atoms with van der Waals surface area (Å²) in [6.07, 6.45) is 0. The molecule has 0 aliphatic carbocycles. The van der Waals surface area contributed by atoms with E-state index in [0.29, 0.717) is 5.69 Å². The molecule has 0 aliphatic heterocycles. The van der Waals surface area contributed by atoms with Crippen molar-refractivity contribution in [2.75, 3.05) is 10.5 Å². The molecule has 2 rings (SSSR count). The number of sulfonamides is 1. The molecule has 106 valence electrons. The zero-order chi connectivity index (χ0) is 14.9. The second-order valence-corrected chi connectivity index (χ2v) is 6.34. The van der Waals surface area contributed by atoms with Crippen LogP contribution in [0.1, 0.15) is 5.56 Å². The van der Waals surface area contributed by atoms with Crippen LogP contribution < -0.4 is 10.5 Å². The third-order valence-corrected chi connectivity index (χ3v) is 4.46. The lowest BCUT2D eigenvalue weighted by atomic mass is 10.2. The van der Waals surface area contributed by atoms with Crippen molar-refractivity contribution in [1.29, 1.82) is 0 Å². The van der Waals surface area contributed by atoms with Gasteiger partial charge in [-0.3, -0.25) is 4.72 Å². The predicted molar refractivity (Wildman–Crippen MR) is 77.8 cm³/mol. The highest BCUT2D eigenvalue weighted by Crippen LogP contribution is 2.26. The maximum Gasteiger partial charge on any atom is 0.263 e. The van der Waals surface area contributed by atoms with E-state index < -0.39 is 15.8 Å². The number of hydrogen-bond acceptors (Lipinski definition) is 3. The molecule has 0 unspecified atom stereocenters. The molecule has 0 heterocycles. The van der Waals surface area contributed by atoms with Gasteiger partial charge in [0.05, 0.1) is 10.7 Å². The van der Waals surface area contributed by atoms with Crippen molar-refractivity contribution in [2.24, 2.45) is 0 Å². The quantitative estimate of drug-likeness (QED) is 0.855. The molecule has 0 aliphatic rings. The number of aryl methyl sites for hydroxylation is 1. The highest BCUT2D eigenvalue weighted by Gasteiger charge is 2.19. The number of nitrogens with two attached hydrogens (primary N) is 1. The normalized spacial score (nSPS) is 11.3. The van der Waals surface area contributed by atoms with E-state index in [-0.39, 0.29) is 15.6 Å². The van der Waals surface area contributed by atoms with Gasteiger partial charge in [0.15, 0.2) is 0 Å². The molecule has 0 fully saturated rings. The third kappa shape index (κ3) is 3.02. The summed E-state index contributed by atoms with van der Waals surface area (Å²) in [5.41, 5.74) is 6.45. The maximum absolute atomic E-state index is 13.6. The molecule has 0 amide bonds. The van der Waals surface area contributed by atoms with Crippen molar-refractivity contribution in [2.45, 2.75) is 11.8 Å². The summed E-state index contributed by atoms with van der Waals surface area (Å²) in [6.45, 7) is 1.73. The van der Waals surface area contributed by atoms with Crippen LogP contribution in [-0.2, 0) is 10.0 Å². The molecule has 3 N–H and O–H groups in total. The van der Waals surface area contributed by atoms with Crippen LogP contribution >= 0.6 is 11.6 Å². The van der Waals surface area contributed by atoms with Gasteiger partial charge in [0.25, 0.3) is 10.0 Å². The second kappa shape index (κ2) is 5.30. The number of hydrogen-bond donors (Lipinski definition) is 2. The zero-order valence-corrected chi connectivity index (χ0v) is 12.1. The predicted octanol–water partition coefficient (Wildman–Crippen LogP) is 3.17. The largest absolute Gasteiger partial charge is 0.399 e. The Morgan fingerprint density at radius 1 is 1.20 bits per heavy atom. The van der Waals surface area contributed by atoms with Gasteiger partial charge in [-0.05, 0) is 42.8 Å². The molecule has 20 heavy (non-hydrogen) atoms. The average Bonchev–Trinajstić information content (AvgIpc) is 2.33. The highest BCUT2D eigenvalue weighted by molar-refractivity contribution is 7.92.